The Morgan fingerprint density at radius 1 is 1.17 bits per heavy atom. The summed E-state index contributed by atoms with van der Waals surface area (Å²) >= 11 is 0. The van der Waals surface area contributed by atoms with Gasteiger partial charge in [0.15, 0.2) is 16.9 Å². The first kappa shape index (κ1) is 20.1. The molecule has 1 heterocycles. The maximum atomic E-state index is 12.6. The van der Waals surface area contributed by atoms with Crippen LogP contribution in [0.5, 0.6) is 23.0 Å². The summed E-state index contributed by atoms with van der Waals surface area (Å²) in [5.41, 5.74) is 0.214. The van der Waals surface area contributed by atoms with Crippen LogP contribution in [0, 0.1) is 0 Å². The lowest BCUT2D eigenvalue weighted by Gasteiger charge is -2.14. The van der Waals surface area contributed by atoms with Crippen molar-refractivity contribution in [1.29, 1.82) is 0 Å². The lowest BCUT2D eigenvalue weighted by atomic mass is 10.1. The smallest absolute Gasteiger partial charge is 0.414 e. The molecular weight excluding hydrogens is 378 g/mol. The maximum Gasteiger partial charge on any atom is 0.414 e. The van der Waals surface area contributed by atoms with Gasteiger partial charge in [0.25, 0.3) is 0 Å². The minimum absolute atomic E-state index is 0.0152. The molecule has 0 spiro atoms. The second kappa shape index (κ2) is 8.14. The maximum absolute atomic E-state index is 12.6. The first-order chi connectivity index (χ1) is 13.9. The molecule has 0 unspecified atom stereocenters. The van der Waals surface area contributed by atoms with Gasteiger partial charge in [-0.1, -0.05) is 12.1 Å². The van der Waals surface area contributed by atoms with Gasteiger partial charge >= 0.3 is 6.09 Å². The van der Waals surface area contributed by atoms with Crippen LogP contribution in [0.25, 0.3) is 22.3 Å². The van der Waals surface area contributed by atoms with E-state index in [1.54, 1.807) is 31.3 Å². The molecule has 0 aliphatic rings. The van der Waals surface area contributed by atoms with Crippen LogP contribution in [0.15, 0.2) is 45.6 Å². The van der Waals surface area contributed by atoms with Crippen LogP contribution in [0.3, 0.4) is 0 Å². The van der Waals surface area contributed by atoms with Gasteiger partial charge in [0, 0.05) is 31.3 Å². The van der Waals surface area contributed by atoms with Gasteiger partial charge in [-0.3, -0.25) is 4.79 Å². The predicted molar refractivity (Wildman–Crippen MR) is 107 cm³/mol. The van der Waals surface area contributed by atoms with Crippen LogP contribution in [-0.2, 0) is 0 Å². The zero-order valence-corrected chi connectivity index (χ0v) is 16.5. The standard InChI is InChI=1S/C21H21NO7/c1-5-22(2)21(25)28-13-8-6-7-12(9-13)15-10-14(23)18-16(29-15)11-17(26-3)20(27-4)19(18)24/h6-11,24H,5H2,1-4H3. The summed E-state index contributed by atoms with van der Waals surface area (Å²) in [6.07, 6.45) is -0.494. The first-order valence-corrected chi connectivity index (χ1v) is 8.84. The molecule has 0 bridgehead atoms. The van der Waals surface area contributed by atoms with Crippen LogP contribution < -0.4 is 19.6 Å². The molecule has 3 rings (SSSR count). The molecule has 1 aromatic heterocycles. The van der Waals surface area contributed by atoms with Crippen molar-refractivity contribution in [3.05, 3.63) is 46.6 Å². The number of phenols is 1. The first-order valence-electron chi connectivity index (χ1n) is 8.84. The van der Waals surface area contributed by atoms with Crippen LogP contribution in [0.2, 0.25) is 0 Å². The van der Waals surface area contributed by atoms with Gasteiger partial charge in [-0.2, -0.15) is 0 Å². The van der Waals surface area contributed by atoms with Gasteiger partial charge < -0.3 is 28.6 Å². The fourth-order valence-corrected chi connectivity index (χ4v) is 2.77. The third-order valence-corrected chi connectivity index (χ3v) is 4.45. The van der Waals surface area contributed by atoms with E-state index in [0.717, 1.165) is 0 Å². The molecule has 8 nitrogen and oxygen atoms in total. The lowest BCUT2D eigenvalue weighted by Crippen LogP contribution is -2.29. The highest BCUT2D eigenvalue weighted by Crippen LogP contribution is 2.42. The number of ether oxygens (including phenoxy) is 3. The van der Waals surface area contributed by atoms with Crippen molar-refractivity contribution >= 4 is 17.1 Å². The van der Waals surface area contributed by atoms with Crippen LogP contribution in [0.4, 0.5) is 4.79 Å². The number of fused-ring (bicyclic) bond motifs is 1. The number of phenolic OH excluding ortho intramolecular Hbond substituents is 1. The Balaban J connectivity index is 2.08. The van der Waals surface area contributed by atoms with E-state index < -0.39 is 11.5 Å². The molecule has 1 amide bonds. The number of nitrogens with zero attached hydrogens (tertiary/aromatic N) is 1. The van der Waals surface area contributed by atoms with Crippen molar-refractivity contribution in [3.8, 4) is 34.3 Å². The summed E-state index contributed by atoms with van der Waals surface area (Å²) in [6, 6.07) is 9.34. The predicted octanol–water partition coefficient (Wildman–Crippen LogP) is 3.63. The number of hydrogen-bond donors (Lipinski definition) is 1. The van der Waals surface area contributed by atoms with Crippen LogP contribution in [0.1, 0.15) is 6.92 Å². The number of hydrogen-bond acceptors (Lipinski definition) is 7. The molecule has 0 aliphatic heterocycles. The van der Waals surface area contributed by atoms with E-state index in [1.165, 1.54) is 31.3 Å². The van der Waals surface area contributed by atoms with Crippen molar-refractivity contribution in [2.24, 2.45) is 0 Å². The zero-order chi connectivity index (χ0) is 21.1. The summed E-state index contributed by atoms with van der Waals surface area (Å²) in [5, 5.41) is 10.4. The molecule has 0 radical (unpaired) electrons. The Bertz CT molecular complexity index is 1120. The Kier molecular flexibility index (Phi) is 5.63. The molecule has 0 aliphatic carbocycles. The zero-order valence-electron chi connectivity index (χ0n) is 16.5. The number of amides is 1. The second-order valence-corrected chi connectivity index (χ2v) is 6.22. The number of benzene rings is 2. The largest absolute Gasteiger partial charge is 0.504 e. The minimum atomic E-state index is -0.494. The highest BCUT2D eigenvalue weighted by Gasteiger charge is 2.19. The number of rotatable bonds is 5. The Morgan fingerprint density at radius 2 is 1.93 bits per heavy atom. The van der Waals surface area contributed by atoms with E-state index in [1.807, 2.05) is 6.92 Å². The van der Waals surface area contributed by atoms with Crippen LogP contribution >= 0.6 is 0 Å². The van der Waals surface area contributed by atoms with Gasteiger partial charge in [0.1, 0.15) is 22.5 Å². The molecule has 29 heavy (non-hydrogen) atoms. The monoisotopic (exact) mass is 399 g/mol. The van der Waals surface area contributed by atoms with Crippen molar-refractivity contribution in [1.82, 2.24) is 4.90 Å². The highest BCUT2D eigenvalue weighted by atomic mass is 16.6. The minimum Gasteiger partial charge on any atom is -0.504 e. The molecule has 1 N–H and O–H groups in total. The Morgan fingerprint density at radius 3 is 2.59 bits per heavy atom. The summed E-state index contributed by atoms with van der Waals surface area (Å²) in [6.45, 7) is 2.34. The third-order valence-electron chi connectivity index (χ3n) is 4.45. The SMILES string of the molecule is CCN(C)C(=O)Oc1cccc(-c2cc(=O)c3c(O)c(OC)c(OC)cc3o2)c1. The molecular formula is C21H21NO7. The fraction of sp³-hybridized carbons (Fsp3) is 0.238. The van der Waals surface area contributed by atoms with Gasteiger partial charge in [0.05, 0.1) is 14.2 Å². The summed E-state index contributed by atoms with van der Waals surface area (Å²) in [5.74, 6) is 0.478. The number of aromatic hydroxyl groups is 1. The van der Waals surface area contributed by atoms with E-state index in [4.69, 9.17) is 18.6 Å². The van der Waals surface area contributed by atoms with Gasteiger partial charge in [-0.25, -0.2) is 4.79 Å². The normalized spacial score (nSPS) is 10.6. The molecule has 0 atom stereocenters. The number of carbonyl (C=O) groups is 1. The molecule has 152 valence electrons. The van der Waals surface area contributed by atoms with Crippen LogP contribution in [-0.4, -0.2) is 43.9 Å². The molecule has 3 aromatic rings. The third kappa shape index (κ3) is 3.82. The lowest BCUT2D eigenvalue weighted by molar-refractivity contribution is 0.165. The van der Waals surface area contributed by atoms with Gasteiger partial charge in [-0.05, 0) is 19.1 Å². The second-order valence-electron chi connectivity index (χ2n) is 6.22. The van der Waals surface area contributed by atoms with Crippen molar-refractivity contribution in [3.63, 3.8) is 0 Å². The van der Waals surface area contributed by atoms with E-state index in [-0.39, 0.29) is 34.0 Å². The van der Waals surface area contributed by atoms with Crippen molar-refractivity contribution in [2.45, 2.75) is 6.92 Å². The molecule has 2 aromatic carbocycles. The Labute approximate surface area is 166 Å². The average molecular weight is 399 g/mol. The molecule has 0 saturated carbocycles. The highest BCUT2D eigenvalue weighted by molar-refractivity contribution is 5.89. The van der Waals surface area contributed by atoms with E-state index in [9.17, 15) is 14.7 Å². The van der Waals surface area contributed by atoms with Gasteiger partial charge in [0.2, 0.25) is 5.75 Å². The quantitative estimate of drug-likeness (QED) is 0.699. The summed E-state index contributed by atoms with van der Waals surface area (Å²) in [7, 11) is 4.40. The van der Waals surface area contributed by atoms with Gasteiger partial charge in [-0.15, -0.1) is 0 Å². The molecule has 0 fully saturated rings. The molecule has 8 heteroatoms. The van der Waals surface area contributed by atoms with Crippen molar-refractivity contribution in [2.75, 3.05) is 27.8 Å². The average Bonchev–Trinajstić information content (AvgIpc) is 2.72. The van der Waals surface area contributed by atoms with Crippen molar-refractivity contribution < 1.29 is 28.5 Å². The Hall–Kier alpha value is -3.68. The van der Waals surface area contributed by atoms with E-state index in [2.05, 4.69) is 0 Å². The van der Waals surface area contributed by atoms with E-state index >= 15 is 0 Å². The number of methoxy groups -OCH3 is 2. The summed E-state index contributed by atoms with van der Waals surface area (Å²) < 4.78 is 21.5. The molecule has 0 saturated heterocycles. The van der Waals surface area contributed by atoms with E-state index in [0.29, 0.717) is 17.9 Å². The number of carbonyl (C=O) groups excluding carboxylic acids is 1. The summed E-state index contributed by atoms with van der Waals surface area (Å²) in [4.78, 5) is 26.0. The fourth-order valence-electron chi connectivity index (χ4n) is 2.77. The topological polar surface area (TPSA) is 98.4 Å².